The van der Waals surface area contributed by atoms with E-state index in [1.165, 1.54) is 17.5 Å². The molecule has 0 unspecified atom stereocenters. The highest BCUT2D eigenvalue weighted by atomic mass is 35.5. The van der Waals surface area contributed by atoms with Crippen molar-refractivity contribution in [1.82, 2.24) is 9.97 Å². The van der Waals surface area contributed by atoms with E-state index in [9.17, 15) is 0 Å². The van der Waals surface area contributed by atoms with Crippen LogP contribution in [0, 0.1) is 6.92 Å². The molecule has 0 spiro atoms. The highest BCUT2D eigenvalue weighted by Gasteiger charge is 2.37. The minimum absolute atomic E-state index is 0.126. The number of methoxy groups -OCH3 is 1. The van der Waals surface area contributed by atoms with Crippen LogP contribution in [0.15, 0.2) is 24.5 Å². The van der Waals surface area contributed by atoms with Gasteiger partial charge < -0.3 is 20.5 Å². The number of nitrogen functional groups attached to an aromatic ring is 1. The van der Waals surface area contributed by atoms with Gasteiger partial charge in [0.15, 0.2) is 0 Å². The zero-order chi connectivity index (χ0) is 17.9. The van der Waals surface area contributed by atoms with Crippen molar-refractivity contribution in [1.29, 1.82) is 0 Å². The van der Waals surface area contributed by atoms with Gasteiger partial charge in [-0.05, 0) is 25.8 Å². The molecule has 2 aromatic rings. The lowest BCUT2D eigenvalue weighted by molar-refractivity contribution is 0.0535. The molecule has 0 radical (unpaired) electrons. The lowest BCUT2D eigenvalue weighted by Gasteiger charge is -2.39. The molecule has 7 heteroatoms. The molecule has 25 heavy (non-hydrogen) atoms. The van der Waals surface area contributed by atoms with Crippen LogP contribution in [-0.2, 0) is 10.2 Å². The smallest absolute Gasteiger partial charge is 0.150 e. The summed E-state index contributed by atoms with van der Waals surface area (Å²) < 4.78 is 11.2. The molecule has 1 aliphatic rings. The van der Waals surface area contributed by atoms with Gasteiger partial charge in [-0.2, -0.15) is 0 Å². The maximum absolute atomic E-state index is 6.22. The van der Waals surface area contributed by atoms with Crippen molar-refractivity contribution < 1.29 is 9.47 Å². The zero-order valence-corrected chi connectivity index (χ0v) is 15.3. The summed E-state index contributed by atoms with van der Waals surface area (Å²) in [6, 6.07) is 6.28. The second-order valence-corrected chi connectivity index (χ2v) is 6.75. The van der Waals surface area contributed by atoms with Crippen molar-refractivity contribution in [3.05, 3.63) is 40.7 Å². The van der Waals surface area contributed by atoms with Gasteiger partial charge in [0.25, 0.3) is 0 Å². The second-order valence-electron chi connectivity index (χ2n) is 6.37. The van der Waals surface area contributed by atoms with E-state index in [0.29, 0.717) is 30.6 Å². The highest BCUT2D eigenvalue weighted by Crippen LogP contribution is 2.41. The van der Waals surface area contributed by atoms with E-state index < -0.39 is 0 Å². The second kappa shape index (κ2) is 7.45. The van der Waals surface area contributed by atoms with E-state index in [0.717, 1.165) is 18.6 Å². The third-order valence-corrected chi connectivity index (χ3v) is 5.16. The molecule has 1 aromatic carbocycles. The number of hydrogen-bond donors (Lipinski definition) is 2. The predicted octanol–water partition coefficient (Wildman–Crippen LogP) is 3.19. The van der Waals surface area contributed by atoms with E-state index >= 15 is 0 Å². The minimum Gasteiger partial charge on any atom is -0.496 e. The predicted molar refractivity (Wildman–Crippen MR) is 99.4 cm³/mol. The first-order valence-electron chi connectivity index (χ1n) is 8.28. The molecule has 0 atom stereocenters. The number of nitrogens with one attached hydrogen (secondary N) is 1. The van der Waals surface area contributed by atoms with Gasteiger partial charge in [0.1, 0.15) is 28.7 Å². The largest absolute Gasteiger partial charge is 0.496 e. The topological polar surface area (TPSA) is 82.3 Å². The van der Waals surface area contributed by atoms with Crippen LogP contribution in [0.3, 0.4) is 0 Å². The van der Waals surface area contributed by atoms with Crippen molar-refractivity contribution in [2.75, 3.05) is 37.9 Å². The fourth-order valence-electron chi connectivity index (χ4n) is 3.30. The van der Waals surface area contributed by atoms with Crippen LogP contribution in [0.25, 0.3) is 0 Å². The Morgan fingerprint density at radius 3 is 2.80 bits per heavy atom. The Hall–Kier alpha value is -2.05. The van der Waals surface area contributed by atoms with Gasteiger partial charge in [0, 0.05) is 30.7 Å². The van der Waals surface area contributed by atoms with Crippen LogP contribution in [0.2, 0.25) is 5.02 Å². The number of halogens is 1. The first-order chi connectivity index (χ1) is 12.1. The van der Waals surface area contributed by atoms with E-state index in [2.05, 4.69) is 34.3 Å². The van der Waals surface area contributed by atoms with Gasteiger partial charge >= 0.3 is 0 Å². The van der Waals surface area contributed by atoms with Crippen molar-refractivity contribution in [3.8, 4) is 5.75 Å². The normalized spacial score (nSPS) is 16.4. The van der Waals surface area contributed by atoms with Gasteiger partial charge in [-0.15, -0.1) is 0 Å². The number of rotatable bonds is 5. The van der Waals surface area contributed by atoms with Crippen molar-refractivity contribution in [2.24, 2.45) is 0 Å². The summed E-state index contributed by atoms with van der Waals surface area (Å²) in [5.74, 6) is 1.71. The van der Waals surface area contributed by atoms with Crippen molar-refractivity contribution >= 4 is 23.2 Å². The highest BCUT2D eigenvalue weighted by molar-refractivity contribution is 6.35. The van der Waals surface area contributed by atoms with Crippen LogP contribution < -0.4 is 15.8 Å². The summed E-state index contributed by atoms with van der Waals surface area (Å²) in [5, 5.41) is 3.71. The summed E-state index contributed by atoms with van der Waals surface area (Å²) in [4.78, 5) is 8.12. The lowest BCUT2D eigenvalue weighted by atomic mass is 9.73. The zero-order valence-electron chi connectivity index (χ0n) is 14.5. The maximum Gasteiger partial charge on any atom is 0.150 e. The van der Waals surface area contributed by atoms with Gasteiger partial charge in [0.05, 0.1) is 7.11 Å². The molecule has 0 aliphatic carbocycles. The summed E-state index contributed by atoms with van der Waals surface area (Å²) in [6.45, 7) is 4.16. The first-order valence-corrected chi connectivity index (χ1v) is 8.66. The Labute approximate surface area is 152 Å². The number of aromatic nitrogens is 2. The molecule has 1 saturated heterocycles. The molecule has 0 saturated carbocycles. The SMILES string of the molecule is COc1ccc(C)cc1C1(CNc2ncnc(N)c2Cl)CCOCC1. The Morgan fingerprint density at radius 1 is 1.32 bits per heavy atom. The molecular weight excluding hydrogens is 340 g/mol. The average molecular weight is 363 g/mol. The molecule has 1 aromatic heterocycles. The van der Waals surface area contributed by atoms with Gasteiger partial charge in [-0.3, -0.25) is 0 Å². The number of hydrogen-bond acceptors (Lipinski definition) is 6. The molecule has 1 fully saturated rings. The van der Waals surface area contributed by atoms with Crippen LogP contribution in [0.4, 0.5) is 11.6 Å². The molecule has 3 rings (SSSR count). The third-order valence-electron chi connectivity index (χ3n) is 4.79. The molecule has 3 N–H and O–H groups in total. The number of benzene rings is 1. The van der Waals surface area contributed by atoms with E-state index in [4.69, 9.17) is 26.8 Å². The Balaban J connectivity index is 1.94. The maximum atomic E-state index is 6.22. The van der Waals surface area contributed by atoms with E-state index in [-0.39, 0.29) is 11.2 Å². The van der Waals surface area contributed by atoms with Crippen LogP contribution in [0.5, 0.6) is 5.75 Å². The molecule has 134 valence electrons. The number of anilines is 2. The quantitative estimate of drug-likeness (QED) is 0.850. The van der Waals surface area contributed by atoms with Crippen LogP contribution in [-0.4, -0.2) is 36.8 Å². The van der Waals surface area contributed by atoms with Gasteiger partial charge in [-0.1, -0.05) is 29.3 Å². The monoisotopic (exact) mass is 362 g/mol. The Kier molecular flexibility index (Phi) is 5.30. The number of ether oxygens (including phenoxy) is 2. The summed E-state index contributed by atoms with van der Waals surface area (Å²) in [7, 11) is 1.70. The standard InChI is InChI=1S/C18H23ClN4O2/c1-12-3-4-14(24-2)13(9-12)18(5-7-25-8-6-18)10-21-17-15(19)16(20)22-11-23-17/h3-4,9,11H,5-8,10H2,1-2H3,(H3,20,21,22,23). The summed E-state index contributed by atoms with van der Waals surface area (Å²) in [6.07, 6.45) is 3.18. The van der Waals surface area contributed by atoms with Crippen LogP contribution in [0.1, 0.15) is 24.0 Å². The van der Waals surface area contributed by atoms with Crippen molar-refractivity contribution in [3.63, 3.8) is 0 Å². The fraction of sp³-hybridized carbons (Fsp3) is 0.444. The first kappa shape index (κ1) is 17.8. The average Bonchev–Trinajstić information content (AvgIpc) is 2.64. The van der Waals surface area contributed by atoms with Crippen LogP contribution >= 0.6 is 11.6 Å². The Morgan fingerprint density at radius 2 is 2.08 bits per heavy atom. The summed E-state index contributed by atoms with van der Waals surface area (Å²) in [5.41, 5.74) is 8.03. The summed E-state index contributed by atoms with van der Waals surface area (Å²) >= 11 is 6.22. The third kappa shape index (κ3) is 3.65. The van der Waals surface area contributed by atoms with Crippen molar-refractivity contribution in [2.45, 2.75) is 25.2 Å². The molecular formula is C18H23ClN4O2. The Bertz CT molecular complexity index is 748. The fourth-order valence-corrected chi connectivity index (χ4v) is 3.46. The van der Waals surface area contributed by atoms with E-state index in [1.54, 1.807) is 7.11 Å². The minimum atomic E-state index is -0.126. The molecule has 1 aliphatic heterocycles. The molecule has 0 amide bonds. The molecule has 0 bridgehead atoms. The van der Waals surface area contributed by atoms with Gasteiger partial charge in [-0.25, -0.2) is 9.97 Å². The molecule has 6 nitrogen and oxygen atoms in total. The van der Waals surface area contributed by atoms with E-state index in [1.807, 2.05) is 6.07 Å². The molecule has 2 heterocycles. The van der Waals surface area contributed by atoms with Gasteiger partial charge in [0.2, 0.25) is 0 Å². The number of aryl methyl sites for hydroxylation is 1. The number of nitrogens with two attached hydrogens (primary N) is 1. The number of nitrogens with zero attached hydrogens (tertiary/aromatic N) is 2. The lowest BCUT2D eigenvalue weighted by Crippen LogP contribution is -2.40.